The van der Waals surface area contributed by atoms with E-state index in [-0.39, 0.29) is 5.60 Å². The van der Waals surface area contributed by atoms with E-state index >= 15 is 0 Å². The van der Waals surface area contributed by atoms with Gasteiger partial charge in [-0.2, -0.15) is 5.10 Å². The van der Waals surface area contributed by atoms with E-state index in [0.717, 1.165) is 25.0 Å². The summed E-state index contributed by atoms with van der Waals surface area (Å²) in [6.07, 6.45) is 5.15. The Morgan fingerprint density at radius 1 is 1.53 bits per heavy atom. The molecule has 1 N–H and O–H groups in total. The molecule has 0 saturated heterocycles. The van der Waals surface area contributed by atoms with Crippen LogP contribution >= 0.6 is 0 Å². The molecule has 0 spiro atoms. The minimum Gasteiger partial charge on any atom is -0.390 e. The highest BCUT2D eigenvalue weighted by atomic mass is 16.5. The molecular weight excluding hydrogens is 216 g/mol. The molecule has 1 aliphatic rings. The highest BCUT2D eigenvalue weighted by molar-refractivity contribution is 5.06. The monoisotopic (exact) mass is 238 g/mol. The molecule has 96 valence electrons. The summed E-state index contributed by atoms with van der Waals surface area (Å²) < 4.78 is 7.40. The number of methoxy groups -OCH3 is 1. The minimum absolute atomic E-state index is 0.318. The summed E-state index contributed by atoms with van der Waals surface area (Å²) in [4.78, 5) is 0. The van der Waals surface area contributed by atoms with Crippen molar-refractivity contribution in [3.63, 3.8) is 0 Å². The summed E-state index contributed by atoms with van der Waals surface area (Å²) in [5.74, 6) is 0. The zero-order valence-corrected chi connectivity index (χ0v) is 10.9. The molecule has 2 rings (SSSR count). The van der Waals surface area contributed by atoms with E-state index in [1.807, 2.05) is 16.9 Å². The van der Waals surface area contributed by atoms with Crippen LogP contribution in [0.4, 0.5) is 0 Å². The number of rotatable bonds is 5. The van der Waals surface area contributed by atoms with Crippen LogP contribution in [0.1, 0.15) is 44.8 Å². The van der Waals surface area contributed by atoms with Gasteiger partial charge in [-0.15, -0.1) is 0 Å². The average Bonchev–Trinajstić information content (AvgIpc) is 2.65. The number of hydrogen-bond acceptors (Lipinski definition) is 3. The van der Waals surface area contributed by atoms with E-state index in [1.165, 1.54) is 0 Å². The first-order chi connectivity index (χ1) is 8.07. The Balaban J connectivity index is 2.00. The van der Waals surface area contributed by atoms with Gasteiger partial charge in [-0.1, -0.05) is 0 Å². The van der Waals surface area contributed by atoms with Gasteiger partial charge in [0.05, 0.1) is 17.4 Å². The molecule has 1 aliphatic carbocycles. The Kier molecular flexibility index (Phi) is 3.54. The summed E-state index contributed by atoms with van der Waals surface area (Å²) in [5.41, 5.74) is 0.622. The lowest BCUT2D eigenvalue weighted by molar-refractivity contribution is -0.148. The van der Waals surface area contributed by atoms with Crippen molar-refractivity contribution in [2.75, 3.05) is 7.11 Å². The lowest BCUT2D eigenvalue weighted by Gasteiger charge is -2.44. The van der Waals surface area contributed by atoms with E-state index in [2.05, 4.69) is 18.9 Å². The smallest absolute Gasteiger partial charge is 0.0940 e. The molecule has 1 saturated carbocycles. The second kappa shape index (κ2) is 4.78. The number of ether oxygens (including phenoxy) is 1. The van der Waals surface area contributed by atoms with E-state index in [9.17, 15) is 5.11 Å². The predicted octanol–water partition coefficient (Wildman–Crippen LogP) is 1.94. The van der Waals surface area contributed by atoms with Crippen LogP contribution in [0.15, 0.2) is 12.3 Å². The number of hydrogen-bond donors (Lipinski definition) is 1. The van der Waals surface area contributed by atoms with E-state index in [1.54, 1.807) is 7.11 Å². The molecule has 1 atom stereocenters. The van der Waals surface area contributed by atoms with Crippen molar-refractivity contribution in [3.8, 4) is 0 Å². The van der Waals surface area contributed by atoms with Crippen molar-refractivity contribution >= 4 is 0 Å². The fourth-order valence-corrected chi connectivity index (χ4v) is 2.36. The molecule has 4 heteroatoms. The fourth-order valence-electron chi connectivity index (χ4n) is 2.36. The number of nitrogens with zero attached hydrogens (tertiary/aromatic N) is 2. The minimum atomic E-state index is -0.447. The van der Waals surface area contributed by atoms with Gasteiger partial charge in [0.2, 0.25) is 0 Å². The van der Waals surface area contributed by atoms with Crippen molar-refractivity contribution < 1.29 is 9.84 Å². The predicted molar refractivity (Wildman–Crippen MR) is 65.9 cm³/mol. The van der Waals surface area contributed by atoms with Gasteiger partial charge in [-0.3, -0.25) is 4.68 Å². The molecule has 1 heterocycles. The van der Waals surface area contributed by atoms with E-state index in [4.69, 9.17) is 4.74 Å². The Labute approximate surface area is 103 Å². The maximum atomic E-state index is 10.2. The molecule has 0 radical (unpaired) electrons. The zero-order valence-electron chi connectivity index (χ0n) is 10.9. The zero-order chi connectivity index (χ0) is 12.5. The van der Waals surface area contributed by atoms with Gasteiger partial charge in [-0.25, -0.2) is 0 Å². The second-order valence-corrected chi connectivity index (χ2v) is 5.22. The van der Waals surface area contributed by atoms with Crippen molar-refractivity contribution in [2.24, 2.45) is 0 Å². The third-order valence-electron chi connectivity index (χ3n) is 3.81. The SMILES string of the molecule is COC1(C(O)Cc2ccn(C(C)C)n2)CCC1. The first-order valence-corrected chi connectivity index (χ1v) is 6.34. The third-order valence-corrected chi connectivity index (χ3v) is 3.81. The highest BCUT2D eigenvalue weighted by Gasteiger charge is 2.43. The van der Waals surface area contributed by atoms with Gasteiger partial charge in [0.1, 0.15) is 0 Å². The van der Waals surface area contributed by atoms with E-state index in [0.29, 0.717) is 12.5 Å². The molecule has 1 unspecified atom stereocenters. The third kappa shape index (κ3) is 2.38. The van der Waals surface area contributed by atoms with Crippen LogP contribution in [-0.2, 0) is 11.2 Å². The van der Waals surface area contributed by atoms with Crippen molar-refractivity contribution in [3.05, 3.63) is 18.0 Å². The second-order valence-electron chi connectivity index (χ2n) is 5.22. The van der Waals surface area contributed by atoms with Crippen molar-refractivity contribution in [2.45, 2.75) is 57.3 Å². The molecule has 1 fully saturated rings. The van der Waals surface area contributed by atoms with Crippen molar-refractivity contribution in [1.29, 1.82) is 0 Å². The molecule has 4 nitrogen and oxygen atoms in total. The summed E-state index contributed by atoms with van der Waals surface area (Å²) in [6, 6.07) is 2.34. The molecule has 1 aromatic heterocycles. The Hall–Kier alpha value is -0.870. The van der Waals surface area contributed by atoms with Crippen LogP contribution in [0.3, 0.4) is 0 Å². The molecule has 0 aliphatic heterocycles. The summed E-state index contributed by atoms with van der Waals surface area (Å²) in [6.45, 7) is 4.19. The van der Waals surface area contributed by atoms with Crippen LogP contribution in [0.5, 0.6) is 0 Å². The van der Waals surface area contributed by atoms with Gasteiger partial charge in [-0.05, 0) is 39.2 Å². The van der Waals surface area contributed by atoms with Crippen LogP contribution in [-0.4, -0.2) is 33.7 Å². The first-order valence-electron chi connectivity index (χ1n) is 6.34. The van der Waals surface area contributed by atoms with Crippen LogP contribution in [0.2, 0.25) is 0 Å². The van der Waals surface area contributed by atoms with Gasteiger partial charge >= 0.3 is 0 Å². The summed E-state index contributed by atoms with van der Waals surface area (Å²) in [5, 5.41) is 14.7. The normalized spacial score (nSPS) is 20.3. The van der Waals surface area contributed by atoms with Gasteiger partial charge in [0.25, 0.3) is 0 Å². The van der Waals surface area contributed by atoms with Gasteiger partial charge in [0.15, 0.2) is 0 Å². The topological polar surface area (TPSA) is 47.3 Å². The van der Waals surface area contributed by atoms with Crippen LogP contribution < -0.4 is 0 Å². The first kappa shape index (κ1) is 12.6. The number of aliphatic hydroxyl groups is 1. The van der Waals surface area contributed by atoms with Gasteiger partial charge < -0.3 is 9.84 Å². The Morgan fingerprint density at radius 3 is 2.65 bits per heavy atom. The lowest BCUT2D eigenvalue weighted by Crippen LogP contribution is -2.50. The number of aliphatic hydroxyl groups excluding tert-OH is 1. The largest absolute Gasteiger partial charge is 0.390 e. The summed E-state index contributed by atoms with van der Waals surface area (Å²) >= 11 is 0. The number of aromatic nitrogens is 2. The highest BCUT2D eigenvalue weighted by Crippen LogP contribution is 2.38. The standard InChI is InChI=1S/C13H22N2O2/c1-10(2)15-8-5-11(14-15)9-12(16)13(17-3)6-4-7-13/h5,8,10,12,16H,4,6-7,9H2,1-3H3. The molecule has 1 aromatic rings. The maximum Gasteiger partial charge on any atom is 0.0940 e. The molecule has 17 heavy (non-hydrogen) atoms. The van der Waals surface area contributed by atoms with Gasteiger partial charge in [0, 0.05) is 25.8 Å². The summed E-state index contributed by atoms with van der Waals surface area (Å²) in [7, 11) is 1.69. The lowest BCUT2D eigenvalue weighted by atomic mass is 9.74. The molecule has 0 aromatic carbocycles. The fraction of sp³-hybridized carbons (Fsp3) is 0.769. The molecule has 0 amide bonds. The quantitative estimate of drug-likeness (QED) is 0.852. The Bertz CT molecular complexity index is 364. The average molecular weight is 238 g/mol. The Morgan fingerprint density at radius 2 is 2.24 bits per heavy atom. The van der Waals surface area contributed by atoms with Crippen molar-refractivity contribution in [1.82, 2.24) is 9.78 Å². The van der Waals surface area contributed by atoms with Crippen LogP contribution in [0.25, 0.3) is 0 Å². The molecule has 0 bridgehead atoms. The van der Waals surface area contributed by atoms with Crippen LogP contribution in [0, 0.1) is 0 Å². The maximum absolute atomic E-state index is 10.2. The van der Waals surface area contributed by atoms with E-state index < -0.39 is 6.10 Å². The molecular formula is C13H22N2O2.